The molecule has 0 saturated heterocycles. The van der Waals surface area contributed by atoms with E-state index in [9.17, 15) is 8.78 Å². The molecule has 0 aromatic heterocycles. The Morgan fingerprint density at radius 2 is 1.60 bits per heavy atom. The van der Waals surface area contributed by atoms with E-state index in [4.69, 9.17) is 4.74 Å². The van der Waals surface area contributed by atoms with Crippen LogP contribution in [-0.4, -0.2) is 6.61 Å². The monoisotopic (exact) mass is 480 g/mol. The van der Waals surface area contributed by atoms with Gasteiger partial charge in [0.1, 0.15) is 11.6 Å². The van der Waals surface area contributed by atoms with Crippen LogP contribution in [0.2, 0.25) is 0 Å². The summed E-state index contributed by atoms with van der Waals surface area (Å²) in [5.41, 5.74) is 3.29. The minimum atomic E-state index is -0.758. The molecule has 0 N–H and O–H groups in total. The number of aryl methyl sites for hydroxylation is 2. The van der Waals surface area contributed by atoms with E-state index in [1.54, 1.807) is 12.1 Å². The van der Waals surface area contributed by atoms with Crippen LogP contribution in [0.3, 0.4) is 0 Å². The number of rotatable bonds is 9. The second-order valence-electron chi connectivity index (χ2n) is 9.91. The molecule has 1 aliphatic carbocycles. The molecule has 1 fully saturated rings. The third-order valence-corrected chi connectivity index (χ3v) is 7.37. The fourth-order valence-electron chi connectivity index (χ4n) is 5.11. The molecule has 1 nitrogen and oxygen atoms in total. The van der Waals surface area contributed by atoms with Gasteiger partial charge in [0, 0.05) is 11.6 Å². The van der Waals surface area contributed by atoms with Crippen molar-refractivity contribution in [2.45, 2.75) is 71.1 Å². The van der Waals surface area contributed by atoms with Gasteiger partial charge >= 0.3 is 0 Å². The second kappa shape index (κ2) is 11.8. The highest BCUT2D eigenvalue weighted by Gasteiger charge is 2.26. The molecule has 0 atom stereocenters. The van der Waals surface area contributed by atoms with Crippen LogP contribution >= 0.6 is 0 Å². The molecule has 3 aromatic carbocycles. The first-order valence-electron chi connectivity index (χ1n) is 12.9. The lowest BCUT2D eigenvalue weighted by atomic mass is 9.76. The number of hydrogen-bond donors (Lipinski definition) is 0. The zero-order chi connectivity index (χ0) is 24.8. The molecule has 0 heterocycles. The van der Waals surface area contributed by atoms with Crippen LogP contribution in [0, 0.1) is 30.3 Å². The van der Waals surface area contributed by atoms with Crippen molar-refractivity contribution in [3.8, 4) is 16.9 Å². The lowest BCUT2D eigenvalue weighted by molar-refractivity contribution is 0.302. The van der Waals surface area contributed by atoms with Crippen LogP contribution in [0.15, 0.2) is 54.6 Å². The minimum absolute atomic E-state index is 0.0316. The Hall–Kier alpha value is -2.75. The van der Waals surface area contributed by atoms with Gasteiger partial charge in [0.2, 0.25) is 0 Å². The van der Waals surface area contributed by atoms with Gasteiger partial charge in [0.05, 0.1) is 6.61 Å². The van der Waals surface area contributed by atoms with Gasteiger partial charge in [0.25, 0.3) is 0 Å². The number of unbranched alkanes of at least 4 members (excludes halogenated alkanes) is 1. The van der Waals surface area contributed by atoms with Crippen molar-refractivity contribution >= 4 is 0 Å². The van der Waals surface area contributed by atoms with E-state index in [2.05, 4.69) is 6.92 Å². The van der Waals surface area contributed by atoms with Crippen molar-refractivity contribution in [3.63, 3.8) is 0 Å². The summed E-state index contributed by atoms with van der Waals surface area (Å²) < 4.78 is 50.0. The van der Waals surface area contributed by atoms with Crippen molar-refractivity contribution in [1.29, 1.82) is 0 Å². The highest BCUT2D eigenvalue weighted by atomic mass is 19.2. The third-order valence-electron chi connectivity index (χ3n) is 7.37. The van der Waals surface area contributed by atoms with Crippen LogP contribution in [0.5, 0.6) is 5.75 Å². The van der Waals surface area contributed by atoms with Crippen LogP contribution in [-0.2, 0) is 6.42 Å². The molecular weight excluding hydrogens is 445 g/mol. The summed E-state index contributed by atoms with van der Waals surface area (Å²) in [6.45, 7) is 4.67. The third kappa shape index (κ3) is 6.28. The van der Waals surface area contributed by atoms with Gasteiger partial charge in [-0.05, 0) is 86.5 Å². The largest absolute Gasteiger partial charge is 0.493 e. The van der Waals surface area contributed by atoms with E-state index in [1.165, 1.54) is 6.07 Å². The van der Waals surface area contributed by atoms with E-state index in [0.29, 0.717) is 41.4 Å². The summed E-state index contributed by atoms with van der Waals surface area (Å²) in [6.07, 6.45) is 7.15. The predicted molar refractivity (Wildman–Crippen MR) is 136 cm³/mol. The van der Waals surface area contributed by atoms with Gasteiger partial charge < -0.3 is 4.74 Å². The molecule has 35 heavy (non-hydrogen) atoms. The molecule has 1 saturated carbocycles. The Morgan fingerprint density at radius 3 is 2.29 bits per heavy atom. The van der Waals surface area contributed by atoms with Crippen LogP contribution in [0.4, 0.5) is 13.2 Å². The number of hydrogen-bond acceptors (Lipinski definition) is 1. The smallest absolute Gasteiger partial charge is 0.166 e. The highest BCUT2D eigenvalue weighted by molar-refractivity contribution is 5.65. The molecule has 0 bridgehead atoms. The van der Waals surface area contributed by atoms with Crippen molar-refractivity contribution in [3.05, 3.63) is 88.7 Å². The summed E-state index contributed by atoms with van der Waals surface area (Å²) in [5.74, 6) is -0.586. The van der Waals surface area contributed by atoms with E-state index in [1.807, 2.05) is 43.3 Å². The molecule has 0 spiro atoms. The molecule has 4 rings (SSSR count). The van der Waals surface area contributed by atoms with Crippen LogP contribution in [0.25, 0.3) is 11.1 Å². The molecule has 1 aliphatic rings. The standard InChI is InChI=1S/C31H35F3O/c1-3-4-19-35-26-16-15-25(29(32)20-26)14-9-22-7-12-24(13-8-22)28-18-17-27(30(33)31(28)34)23-10-5-21(2)6-11-23/h5-6,10-11,15-18,20,22,24H,3-4,7-9,12-14,19H2,1-2H3. The van der Waals surface area contributed by atoms with E-state index >= 15 is 4.39 Å². The molecule has 0 unspecified atom stereocenters. The van der Waals surface area contributed by atoms with Gasteiger partial charge in [-0.3, -0.25) is 0 Å². The Labute approximate surface area is 207 Å². The second-order valence-corrected chi connectivity index (χ2v) is 9.91. The summed E-state index contributed by atoms with van der Waals surface area (Å²) in [6, 6.07) is 16.1. The summed E-state index contributed by atoms with van der Waals surface area (Å²) in [4.78, 5) is 0. The fraction of sp³-hybridized carbons (Fsp3) is 0.419. The van der Waals surface area contributed by atoms with Crippen LogP contribution < -0.4 is 4.74 Å². The van der Waals surface area contributed by atoms with Gasteiger partial charge in [-0.25, -0.2) is 13.2 Å². The maximum absolute atomic E-state index is 15.0. The zero-order valence-corrected chi connectivity index (χ0v) is 20.8. The minimum Gasteiger partial charge on any atom is -0.493 e. The molecular formula is C31H35F3O. The first-order chi connectivity index (χ1) is 17.0. The normalized spacial score (nSPS) is 18.0. The summed E-state index contributed by atoms with van der Waals surface area (Å²) >= 11 is 0. The average molecular weight is 481 g/mol. The van der Waals surface area contributed by atoms with Crippen molar-refractivity contribution in [1.82, 2.24) is 0 Å². The Balaban J connectivity index is 1.32. The number of halogens is 3. The van der Waals surface area contributed by atoms with E-state index < -0.39 is 11.6 Å². The molecule has 0 radical (unpaired) electrons. The fourth-order valence-corrected chi connectivity index (χ4v) is 5.11. The van der Waals surface area contributed by atoms with Crippen LogP contribution in [0.1, 0.15) is 74.5 Å². The molecule has 0 aliphatic heterocycles. The topological polar surface area (TPSA) is 9.23 Å². The van der Waals surface area contributed by atoms with Crippen molar-refractivity contribution in [2.75, 3.05) is 6.61 Å². The van der Waals surface area contributed by atoms with E-state index in [0.717, 1.165) is 56.1 Å². The van der Waals surface area contributed by atoms with Crippen molar-refractivity contribution < 1.29 is 17.9 Å². The average Bonchev–Trinajstić information content (AvgIpc) is 2.86. The molecule has 4 heteroatoms. The Morgan fingerprint density at radius 1 is 0.857 bits per heavy atom. The molecule has 186 valence electrons. The highest BCUT2D eigenvalue weighted by Crippen LogP contribution is 2.40. The lowest BCUT2D eigenvalue weighted by Crippen LogP contribution is -2.16. The molecule has 0 amide bonds. The van der Waals surface area contributed by atoms with Gasteiger partial charge in [0.15, 0.2) is 11.6 Å². The summed E-state index contributed by atoms with van der Waals surface area (Å²) in [7, 11) is 0. The Kier molecular flexibility index (Phi) is 8.54. The summed E-state index contributed by atoms with van der Waals surface area (Å²) in [5, 5.41) is 0. The van der Waals surface area contributed by atoms with E-state index in [-0.39, 0.29) is 11.7 Å². The number of ether oxygens (including phenoxy) is 1. The SMILES string of the molecule is CCCCOc1ccc(CCC2CCC(c3ccc(-c4ccc(C)cc4)c(F)c3F)CC2)c(F)c1. The number of benzene rings is 3. The maximum atomic E-state index is 15.0. The quantitative estimate of drug-likeness (QED) is 0.277. The predicted octanol–water partition coefficient (Wildman–Crippen LogP) is 9.16. The first-order valence-corrected chi connectivity index (χ1v) is 12.9. The van der Waals surface area contributed by atoms with Gasteiger partial charge in [-0.1, -0.05) is 61.4 Å². The zero-order valence-electron chi connectivity index (χ0n) is 20.8. The van der Waals surface area contributed by atoms with Crippen molar-refractivity contribution in [2.24, 2.45) is 5.92 Å². The Bertz CT molecular complexity index is 1110. The molecule has 3 aromatic rings. The first kappa shape index (κ1) is 25.3. The van der Waals surface area contributed by atoms with Gasteiger partial charge in [-0.2, -0.15) is 0 Å². The maximum Gasteiger partial charge on any atom is 0.166 e. The lowest BCUT2D eigenvalue weighted by Gasteiger charge is -2.29. The van der Waals surface area contributed by atoms with Gasteiger partial charge in [-0.15, -0.1) is 0 Å².